The van der Waals surface area contributed by atoms with Crippen LogP contribution in [0.3, 0.4) is 0 Å². The molecule has 0 saturated heterocycles. The maximum absolute atomic E-state index is 5.77. The molecule has 2 aromatic heterocycles. The van der Waals surface area contributed by atoms with E-state index in [0.717, 1.165) is 40.5 Å². The zero-order chi connectivity index (χ0) is 23.5. The zero-order valence-corrected chi connectivity index (χ0v) is 19.3. The van der Waals surface area contributed by atoms with Crippen molar-refractivity contribution in [1.82, 2.24) is 9.88 Å². The summed E-state index contributed by atoms with van der Waals surface area (Å²) in [7, 11) is 0. The van der Waals surface area contributed by atoms with Crippen LogP contribution in [0.25, 0.3) is 22.4 Å². The molecule has 5 heteroatoms. The molecule has 0 aliphatic carbocycles. The molecule has 0 radical (unpaired) electrons. The van der Waals surface area contributed by atoms with Crippen LogP contribution in [0, 0.1) is 0 Å². The van der Waals surface area contributed by atoms with Crippen LogP contribution in [-0.4, -0.2) is 10.9 Å². The highest BCUT2D eigenvalue weighted by molar-refractivity contribution is 5.93. The molecule has 3 heterocycles. The van der Waals surface area contributed by atoms with Gasteiger partial charge in [-0.05, 0) is 28.8 Å². The first kappa shape index (κ1) is 21.2. The number of aromatic nitrogens is 1. The van der Waals surface area contributed by atoms with Crippen molar-refractivity contribution in [3.8, 4) is 22.4 Å². The van der Waals surface area contributed by atoms with Crippen LogP contribution in [0.5, 0.6) is 0 Å². The topological polar surface area (TPSA) is 54.5 Å². The Balaban J connectivity index is 1.55. The van der Waals surface area contributed by atoms with Crippen molar-refractivity contribution in [3.05, 3.63) is 126 Å². The maximum Gasteiger partial charge on any atom is 0.131 e. The van der Waals surface area contributed by atoms with Gasteiger partial charge in [0, 0.05) is 17.7 Å². The van der Waals surface area contributed by atoms with Gasteiger partial charge >= 0.3 is 0 Å². The normalized spacial score (nSPS) is 14.5. The number of rotatable bonds is 7. The molecule has 1 aliphatic rings. The maximum atomic E-state index is 5.77. The predicted molar refractivity (Wildman–Crippen MR) is 141 cm³/mol. The lowest BCUT2D eigenvalue weighted by Crippen LogP contribution is -2.24. The Morgan fingerprint density at radius 1 is 0.800 bits per heavy atom. The van der Waals surface area contributed by atoms with Crippen LogP contribution >= 0.6 is 0 Å². The summed E-state index contributed by atoms with van der Waals surface area (Å²) in [6.07, 6.45) is 3.33. The van der Waals surface area contributed by atoms with Crippen molar-refractivity contribution < 1.29 is 4.42 Å². The van der Waals surface area contributed by atoms with E-state index in [-0.39, 0.29) is 6.17 Å². The molecule has 35 heavy (non-hydrogen) atoms. The fourth-order valence-electron chi connectivity index (χ4n) is 4.78. The number of nitrogens with zero attached hydrogens (tertiary/aromatic N) is 2. The van der Waals surface area contributed by atoms with Crippen LogP contribution in [0.1, 0.15) is 23.1 Å². The quantitative estimate of drug-likeness (QED) is 0.285. The van der Waals surface area contributed by atoms with E-state index in [0.29, 0.717) is 6.54 Å². The summed E-state index contributed by atoms with van der Waals surface area (Å²) < 4.78 is 8.08. The van der Waals surface area contributed by atoms with Crippen molar-refractivity contribution in [1.29, 1.82) is 0 Å². The van der Waals surface area contributed by atoms with E-state index in [9.17, 15) is 0 Å². The van der Waals surface area contributed by atoms with E-state index in [1.807, 2.05) is 18.2 Å². The summed E-state index contributed by atoms with van der Waals surface area (Å²) in [6.45, 7) is 1.33. The van der Waals surface area contributed by atoms with Crippen LogP contribution in [0.2, 0.25) is 0 Å². The molecule has 5 nitrogen and oxygen atoms in total. The average molecular weight is 459 g/mol. The minimum absolute atomic E-state index is 0.193. The first-order valence-electron chi connectivity index (χ1n) is 11.8. The predicted octanol–water partition coefficient (Wildman–Crippen LogP) is 6.71. The number of anilines is 1. The summed E-state index contributed by atoms with van der Waals surface area (Å²) in [5, 5.41) is 7.14. The first-order chi connectivity index (χ1) is 17.4. The number of nitrogens with one attached hydrogen (secondary N) is 2. The van der Waals surface area contributed by atoms with Gasteiger partial charge in [-0.2, -0.15) is 0 Å². The van der Waals surface area contributed by atoms with Crippen molar-refractivity contribution in [2.24, 2.45) is 4.99 Å². The number of hydrogen-bond donors (Lipinski definition) is 2. The molecule has 0 unspecified atom stereocenters. The molecule has 1 aliphatic heterocycles. The minimum Gasteiger partial charge on any atom is -0.467 e. The third-order valence-corrected chi connectivity index (χ3v) is 6.35. The van der Waals surface area contributed by atoms with Gasteiger partial charge in [-0.3, -0.25) is 10.3 Å². The number of benzene rings is 3. The summed E-state index contributed by atoms with van der Waals surface area (Å²) in [5.74, 6) is 1.93. The van der Waals surface area contributed by atoms with Crippen molar-refractivity contribution in [2.75, 3.05) is 5.32 Å². The molecule has 3 aromatic carbocycles. The van der Waals surface area contributed by atoms with E-state index in [1.165, 1.54) is 11.1 Å². The van der Waals surface area contributed by atoms with Crippen molar-refractivity contribution in [2.45, 2.75) is 19.3 Å². The van der Waals surface area contributed by atoms with E-state index in [2.05, 4.69) is 100 Å². The van der Waals surface area contributed by atoms with Gasteiger partial charge in [0.1, 0.15) is 17.7 Å². The van der Waals surface area contributed by atoms with Gasteiger partial charge in [0.25, 0.3) is 0 Å². The highest BCUT2D eigenvalue weighted by Crippen LogP contribution is 2.46. The smallest absolute Gasteiger partial charge is 0.131 e. The molecule has 2 N–H and O–H groups in total. The second-order valence-electron chi connectivity index (χ2n) is 8.57. The van der Waals surface area contributed by atoms with Crippen LogP contribution in [0.4, 0.5) is 5.82 Å². The summed E-state index contributed by atoms with van der Waals surface area (Å²) >= 11 is 0. The van der Waals surface area contributed by atoms with Gasteiger partial charge in [0.05, 0.1) is 24.8 Å². The van der Waals surface area contributed by atoms with E-state index >= 15 is 0 Å². The third kappa shape index (κ3) is 4.18. The summed E-state index contributed by atoms with van der Waals surface area (Å²) in [5.41, 5.74) is 6.99. The van der Waals surface area contributed by atoms with Crippen LogP contribution in [0.15, 0.2) is 119 Å². The lowest BCUT2D eigenvalue weighted by Gasteiger charge is -2.22. The number of hydrogen-bond acceptors (Lipinski definition) is 4. The number of fused-ring (bicyclic) bond motifs is 1. The van der Waals surface area contributed by atoms with Gasteiger partial charge in [0.2, 0.25) is 0 Å². The molecule has 0 fully saturated rings. The van der Waals surface area contributed by atoms with Gasteiger partial charge in [-0.15, -0.1) is 0 Å². The van der Waals surface area contributed by atoms with Crippen LogP contribution in [-0.2, 0) is 13.1 Å². The Hall–Kier alpha value is -4.35. The Morgan fingerprint density at radius 3 is 2.17 bits per heavy atom. The molecule has 172 valence electrons. The molecule has 0 bridgehead atoms. The van der Waals surface area contributed by atoms with Gasteiger partial charge in [-0.1, -0.05) is 91.0 Å². The molecule has 0 spiro atoms. The average Bonchev–Trinajstić information content (AvgIpc) is 3.56. The van der Waals surface area contributed by atoms with Crippen LogP contribution < -0.4 is 10.6 Å². The fraction of sp³-hybridized carbons (Fsp3) is 0.100. The van der Waals surface area contributed by atoms with E-state index in [1.54, 1.807) is 12.6 Å². The van der Waals surface area contributed by atoms with Crippen molar-refractivity contribution >= 4 is 12.2 Å². The lowest BCUT2D eigenvalue weighted by molar-refractivity contribution is 0.495. The number of furan rings is 1. The fourth-order valence-corrected chi connectivity index (χ4v) is 4.78. The van der Waals surface area contributed by atoms with Gasteiger partial charge in [0.15, 0.2) is 0 Å². The molecular weight excluding hydrogens is 432 g/mol. The summed E-state index contributed by atoms with van der Waals surface area (Å²) in [4.78, 5) is 4.83. The highest BCUT2D eigenvalue weighted by atomic mass is 16.3. The Bertz CT molecular complexity index is 1420. The van der Waals surface area contributed by atoms with E-state index in [4.69, 9.17) is 9.41 Å². The summed E-state index contributed by atoms with van der Waals surface area (Å²) in [6, 6.07) is 35.5. The Labute approximate surface area is 204 Å². The second kappa shape index (κ2) is 9.49. The molecule has 0 saturated carbocycles. The number of aliphatic imine (C=N–C) groups is 1. The minimum atomic E-state index is -0.193. The highest BCUT2D eigenvalue weighted by Gasteiger charge is 2.31. The molecule has 6 rings (SSSR count). The largest absolute Gasteiger partial charge is 0.467 e. The zero-order valence-electron chi connectivity index (χ0n) is 19.3. The lowest BCUT2D eigenvalue weighted by atomic mass is 9.96. The van der Waals surface area contributed by atoms with Gasteiger partial charge < -0.3 is 14.3 Å². The third-order valence-electron chi connectivity index (χ3n) is 6.35. The van der Waals surface area contributed by atoms with E-state index < -0.39 is 0 Å². The molecule has 1 atom stereocenters. The molecule has 5 aromatic rings. The Morgan fingerprint density at radius 2 is 1.49 bits per heavy atom. The van der Waals surface area contributed by atoms with Gasteiger partial charge in [-0.25, -0.2) is 0 Å². The van der Waals surface area contributed by atoms with Crippen molar-refractivity contribution in [3.63, 3.8) is 0 Å². The first-order valence-corrected chi connectivity index (χ1v) is 11.8. The second-order valence-corrected chi connectivity index (χ2v) is 8.57. The SMILES string of the molecule is C1=N[C@@H](NCc2ccccc2)c2c(-c3ccccc3)c(-c3ccccc3)n(Cc3ccco3)c2N1. The molecular formula is C30H26N4O. The monoisotopic (exact) mass is 458 g/mol. The molecule has 0 amide bonds. The standard InChI is InChI=1S/C30H26N4O/c1-4-11-22(12-5-1)19-31-29-27-26(23-13-6-2-7-14-23)28(24-15-8-3-9-16-24)34(30(27)33-21-32-29)20-25-17-10-18-35-25/h1-18,21,29,31H,19-20H2,(H,32,33)/t29-/m1/s1. The Kier molecular flexibility index (Phi) is 5.75.